The van der Waals surface area contributed by atoms with E-state index in [0.29, 0.717) is 0 Å². The Balaban J connectivity index is 0.000000101. The normalized spacial score (nSPS) is 12.0. The molecule has 12 heterocycles. The van der Waals surface area contributed by atoms with Gasteiger partial charge in [0.15, 0.2) is 11.3 Å². The minimum atomic E-state index is 0.855. The molecular formula is C120H75N15. The van der Waals surface area contributed by atoms with Gasteiger partial charge in [0.1, 0.15) is 17.4 Å². The molecule has 630 valence electrons. The number of hydrogen-bond donors (Lipinski definition) is 0. The molecule has 0 unspecified atom stereocenters. The second kappa shape index (κ2) is 30.0. The Morgan fingerprint density at radius 2 is 0.370 bits per heavy atom. The first-order valence-corrected chi connectivity index (χ1v) is 45.5. The molecule has 15 nitrogen and oxygen atoms in total. The van der Waals surface area contributed by atoms with Gasteiger partial charge < -0.3 is 32.0 Å². The van der Waals surface area contributed by atoms with Gasteiger partial charge in [0.2, 0.25) is 0 Å². The van der Waals surface area contributed by atoms with E-state index in [9.17, 15) is 0 Å². The van der Waals surface area contributed by atoms with Crippen LogP contribution in [0.4, 0.5) is 0 Å². The quantitative estimate of drug-likeness (QED) is 0.142. The first kappa shape index (κ1) is 75.4. The van der Waals surface area contributed by atoms with E-state index in [1.54, 1.807) is 31.1 Å². The predicted octanol–water partition coefficient (Wildman–Crippen LogP) is 29.3. The second-order valence-electron chi connectivity index (χ2n) is 34.5. The van der Waals surface area contributed by atoms with Gasteiger partial charge in [0.25, 0.3) is 0 Å². The molecular weight excluding hydrogens is 1650 g/mol. The summed E-state index contributed by atoms with van der Waals surface area (Å²) in [7, 11) is 0. The van der Waals surface area contributed by atoms with E-state index in [1.807, 2.05) is 12.3 Å². The molecule has 18 aromatic carbocycles. The Bertz CT molecular complexity index is 9610. The summed E-state index contributed by atoms with van der Waals surface area (Å²) >= 11 is 0. The molecule has 0 spiro atoms. The van der Waals surface area contributed by atoms with E-state index in [-0.39, 0.29) is 0 Å². The van der Waals surface area contributed by atoms with E-state index in [0.717, 1.165) is 117 Å². The lowest BCUT2D eigenvalue weighted by Crippen LogP contribution is -1.99. The topological polar surface area (TPSA) is 122 Å². The Morgan fingerprint density at radius 3 is 0.726 bits per heavy atom. The van der Waals surface area contributed by atoms with Crippen LogP contribution in [0, 0.1) is 0 Å². The number of nitrogens with zero attached hydrogens (tertiary/aromatic N) is 15. The maximum atomic E-state index is 4.81. The average molecular weight is 1730 g/mol. The highest BCUT2D eigenvalue weighted by atomic mass is 15.1. The number of benzene rings is 18. The van der Waals surface area contributed by atoms with Crippen LogP contribution in [-0.2, 0) is 0 Å². The Labute approximate surface area is 769 Å². The van der Waals surface area contributed by atoms with Crippen molar-refractivity contribution in [2.24, 2.45) is 0 Å². The molecule has 0 bridgehead atoms. The average Bonchev–Trinajstić information content (AvgIpc) is 1.61. The number of aromatic nitrogens is 15. The lowest BCUT2D eigenvalue weighted by atomic mass is 10.1. The molecule has 0 radical (unpaired) electrons. The summed E-state index contributed by atoms with van der Waals surface area (Å²) in [6, 6.07) is 150. The van der Waals surface area contributed by atoms with Gasteiger partial charge in [0.05, 0.1) is 100.0 Å². The molecule has 0 saturated heterocycles. The highest BCUT2D eigenvalue weighted by molar-refractivity contribution is 6.32. The summed E-state index contributed by atoms with van der Waals surface area (Å²) in [5, 5.41) is 18.4. The molecule has 30 rings (SSSR count). The molecule has 15 heteroatoms. The van der Waals surface area contributed by atoms with Gasteiger partial charge >= 0.3 is 0 Å². The third-order valence-electron chi connectivity index (χ3n) is 27.4. The third kappa shape index (κ3) is 11.3. The van der Waals surface area contributed by atoms with Crippen molar-refractivity contribution in [2.75, 3.05) is 0 Å². The van der Waals surface area contributed by atoms with Gasteiger partial charge in [-0.05, 0) is 188 Å². The maximum Gasteiger partial charge on any atom is 0.164 e. The Hall–Kier alpha value is -18.6. The van der Waals surface area contributed by atoms with Gasteiger partial charge in [-0.25, -0.2) is 19.9 Å². The van der Waals surface area contributed by atoms with Gasteiger partial charge in [-0.2, -0.15) is 0 Å². The second-order valence-corrected chi connectivity index (χ2v) is 34.5. The molecule has 135 heavy (non-hydrogen) atoms. The van der Waals surface area contributed by atoms with E-state index in [1.165, 1.54) is 131 Å². The minimum absolute atomic E-state index is 0.855. The third-order valence-corrected chi connectivity index (χ3v) is 27.4. The standard InChI is InChI=1S/3C40H25N5/c1-3-11-26(12-4-1)43-32-17-9-7-15-29(32)37-35(43)21-22-36-38(37)30-16-8-10-18-33(30)44(36)28-19-20-34-31(25-28)39-40(42-24-23-41-39)45(34)27-13-5-2-6-14-27;1-2-11-26(12-3-1)43-32-18-7-4-15-29(32)38-35(43)21-22-36-39(38)30-16-5-8-19-33(30)44(36)27-13-10-14-28(23-27)45-34-20-9-6-17-31(34)40-37(45)24-41-25-42-40;1-2-11-26(12-3-1)43-32-18-7-4-15-29(32)37-35(43)21-22-36-38(37)30-16-5-8-19-33(30)44(36)27-13-10-14-28(25-27)45-34-20-9-6-17-31(34)39-40(45)42-24-23-41-39/h3*1-25H. The van der Waals surface area contributed by atoms with Crippen LogP contribution in [0.15, 0.2) is 456 Å². The van der Waals surface area contributed by atoms with E-state index >= 15 is 0 Å². The Kier molecular flexibility index (Phi) is 16.7. The fraction of sp³-hybridized carbons (Fsp3) is 0. The van der Waals surface area contributed by atoms with Crippen LogP contribution >= 0.6 is 0 Å². The lowest BCUT2D eigenvalue weighted by Gasteiger charge is -2.12. The zero-order chi connectivity index (χ0) is 88.5. The van der Waals surface area contributed by atoms with Crippen LogP contribution in [0.25, 0.3) is 248 Å². The van der Waals surface area contributed by atoms with Gasteiger partial charge in [-0.15, -0.1) is 0 Å². The molecule has 0 aliphatic heterocycles. The largest absolute Gasteiger partial charge is 0.309 e. The van der Waals surface area contributed by atoms with Gasteiger partial charge in [0, 0.05) is 157 Å². The summed E-state index contributed by atoms with van der Waals surface area (Å²) in [5.74, 6) is 0. The van der Waals surface area contributed by atoms with Crippen molar-refractivity contribution >= 4 is 197 Å². The number of rotatable bonds is 9. The van der Waals surface area contributed by atoms with Gasteiger partial charge in [-0.1, -0.05) is 231 Å². The molecule has 0 aliphatic carbocycles. The fourth-order valence-electron chi connectivity index (χ4n) is 22.1. The van der Waals surface area contributed by atoms with Gasteiger partial charge in [-0.3, -0.25) is 19.1 Å². The number of para-hydroxylation sites is 12. The fourth-order valence-corrected chi connectivity index (χ4v) is 22.1. The molecule has 12 aromatic heterocycles. The van der Waals surface area contributed by atoms with Crippen LogP contribution in [0.5, 0.6) is 0 Å². The molecule has 0 atom stereocenters. The number of fused-ring (bicyclic) bond motifs is 30. The van der Waals surface area contributed by atoms with Crippen molar-refractivity contribution in [3.63, 3.8) is 0 Å². The number of hydrogen-bond acceptors (Lipinski definition) is 6. The van der Waals surface area contributed by atoms with Crippen LogP contribution < -0.4 is 0 Å². The van der Waals surface area contributed by atoms with E-state index in [4.69, 9.17) is 19.9 Å². The van der Waals surface area contributed by atoms with Crippen molar-refractivity contribution in [2.45, 2.75) is 0 Å². The Morgan fingerprint density at radius 1 is 0.141 bits per heavy atom. The first-order valence-electron chi connectivity index (χ1n) is 45.5. The van der Waals surface area contributed by atoms with Crippen LogP contribution in [0.1, 0.15) is 0 Å². The van der Waals surface area contributed by atoms with Crippen molar-refractivity contribution in [3.05, 3.63) is 456 Å². The highest BCUT2D eigenvalue weighted by Gasteiger charge is 2.28. The molecule has 0 saturated carbocycles. The summed E-state index contributed by atoms with van der Waals surface area (Å²) < 4.78 is 21.1. The summed E-state index contributed by atoms with van der Waals surface area (Å²) in [4.78, 5) is 28.1. The summed E-state index contributed by atoms with van der Waals surface area (Å²) in [5.41, 5.74) is 33.0. The van der Waals surface area contributed by atoms with Crippen molar-refractivity contribution in [3.8, 4) is 51.2 Å². The molecule has 30 aromatic rings. The van der Waals surface area contributed by atoms with Crippen LogP contribution in [0.3, 0.4) is 0 Å². The minimum Gasteiger partial charge on any atom is -0.309 e. The van der Waals surface area contributed by atoms with Crippen molar-refractivity contribution in [1.82, 2.24) is 71.0 Å². The van der Waals surface area contributed by atoms with Crippen molar-refractivity contribution in [1.29, 1.82) is 0 Å². The monoisotopic (exact) mass is 1730 g/mol. The van der Waals surface area contributed by atoms with E-state index in [2.05, 4.69) is 464 Å². The zero-order valence-corrected chi connectivity index (χ0v) is 72.5. The molecule has 0 aliphatic rings. The van der Waals surface area contributed by atoms with Crippen LogP contribution in [0.2, 0.25) is 0 Å². The maximum absolute atomic E-state index is 4.81. The highest BCUT2D eigenvalue weighted by Crippen LogP contribution is 2.49. The zero-order valence-electron chi connectivity index (χ0n) is 72.5. The molecule has 0 N–H and O–H groups in total. The summed E-state index contributed by atoms with van der Waals surface area (Å²) in [6.07, 6.45) is 10.6. The van der Waals surface area contributed by atoms with Crippen molar-refractivity contribution < 1.29 is 0 Å². The SMILES string of the molecule is c1ccc(-n2c3ccccc3c3c4c5ccccc5n(-c5ccc6c(c5)c5nccnc5n6-c5ccccc5)c4ccc32)cc1.c1ccc(-n2c3ccccc3c3c4c5ccccc5n(-c5cccc(-n6c7ccccc7c7nccnc76)c5)c4ccc32)cc1.c1ccc(-n2c3ccccc3c3c4c5ccccc5n(-c5cccc(-n6c7ccccc7c7ncncc76)c5)c4ccc32)cc1. The molecule has 0 amide bonds. The smallest absolute Gasteiger partial charge is 0.164 e. The van der Waals surface area contributed by atoms with E-state index < -0.39 is 0 Å². The molecule has 0 fully saturated rings. The van der Waals surface area contributed by atoms with Crippen LogP contribution in [-0.4, -0.2) is 71.0 Å². The predicted molar refractivity (Wildman–Crippen MR) is 555 cm³/mol. The lowest BCUT2D eigenvalue weighted by molar-refractivity contribution is 1.10. The first-order chi connectivity index (χ1) is 67.1. The summed E-state index contributed by atoms with van der Waals surface area (Å²) in [6.45, 7) is 0.